The van der Waals surface area contributed by atoms with E-state index in [9.17, 15) is 15.3 Å². The topological polar surface area (TPSA) is 60.7 Å². The van der Waals surface area contributed by atoms with Crippen LogP contribution in [0.25, 0.3) is 0 Å². The second kappa shape index (κ2) is 9.88. The SMILES string of the molecule is C[C@H](O)[C@H]1CC/C(=C/C=C2\CCCC3(C)C(CCCCC(C)(C)O)CCC23)C[C@H]1O. The second-order valence-electron chi connectivity index (χ2n) is 11.5. The molecule has 3 aliphatic rings. The molecule has 172 valence electrons. The third kappa shape index (κ3) is 5.78. The molecule has 3 saturated carbocycles. The Bertz CT molecular complexity index is 627. The highest BCUT2D eigenvalue weighted by atomic mass is 16.3. The molecule has 0 aliphatic heterocycles. The van der Waals surface area contributed by atoms with Crippen molar-refractivity contribution in [2.45, 2.75) is 123 Å². The lowest BCUT2D eigenvalue weighted by atomic mass is 9.62. The highest BCUT2D eigenvalue weighted by Gasteiger charge is 2.48. The number of aliphatic hydroxyl groups excluding tert-OH is 2. The Labute approximate surface area is 184 Å². The molecule has 0 spiro atoms. The van der Waals surface area contributed by atoms with Crippen molar-refractivity contribution in [2.24, 2.45) is 23.2 Å². The van der Waals surface area contributed by atoms with Crippen molar-refractivity contribution in [3.63, 3.8) is 0 Å². The van der Waals surface area contributed by atoms with Gasteiger partial charge in [0.2, 0.25) is 0 Å². The summed E-state index contributed by atoms with van der Waals surface area (Å²) in [6, 6.07) is 0. The maximum atomic E-state index is 10.4. The van der Waals surface area contributed by atoms with Gasteiger partial charge in [-0.25, -0.2) is 0 Å². The van der Waals surface area contributed by atoms with Crippen LogP contribution in [0.3, 0.4) is 0 Å². The van der Waals surface area contributed by atoms with Gasteiger partial charge in [0.1, 0.15) is 0 Å². The lowest BCUT2D eigenvalue weighted by Gasteiger charge is -2.42. The van der Waals surface area contributed by atoms with Crippen LogP contribution in [-0.4, -0.2) is 33.1 Å². The minimum absolute atomic E-state index is 0.0276. The van der Waals surface area contributed by atoms with Crippen molar-refractivity contribution in [1.82, 2.24) is 0 Å². The van der Waals surface area contributed by atoms with E-state index in [1.807, 2.05) is 13.8 Å². The summed E-state index contributed by atoms with van der Waals surface area (Å²) < 4.78 is 0. The number of allylic oxidation sites excluding steroid dienone is 3. The van der Waals surface area contributed by atoms with Crippen molar-refractivity contribution in [1.29, 1.82) is 0 Å². The number of hydrogen-bond acceptors (Lipinski definition) is 3. The fourth-order valence-corrected chi connectivity index (χ4v) is 6.77. The van der Waals surface area contributed by atoms with Crippen LogP contribution in [0.15, 0.2) is 23.3 Å². The standard InChI is InChI=1S/C27H46O3/c1-19(28)23-14-11-20(18-25(23)29)10-12-21-8-7-17-27(4)22(13-15-24(21)27)9-5-6-16-26(2,3)30/h10,12,19,22-25,28-30H,5-9,11,13-18H2,1-4H3/b20-10-,21-12+/t19-,22?,23+,24?,25+,27?/m0/s1. The maximum Gasteiger partial charge on any atom is 0.0630 e. The van der Waals surface area contributed by atoms with Gasteiger partial charge in [0.15, 0.2) is 0 Å². The summed E-state index contributed by atoms with van der Waals surface area (Å²) >= 11 is 0. The van der Waals surface area contributed by atoms with Crippen molar-refractivity contribution in [3.05, 3.63) is 23.3 Å². The van der Waals surface area contributed by atoms with Gasteiger partial charge in [-0.2, -0.15) is 0 Å². The molecule has 3 N–H and O–H groups in total. The Balaban J connectivity index is 1.59. The van der Waals surface area contributed by atoms with Crippen LogP contribution in [0.2, 0.25) is 0 Å². The molecule has 0 bridgehead atoms. The number of rotatable bonds is 7. The molecule has 0 aromatic rings. The van der Waals surface area contributed by atoms with Gasteiger partial charge in [0.25, 0.3) is 0 Å². The Morgan fingerprint density at radius 1 is 1.13 bits per heavy atom. The van der Waals surface area contributed by atoms with E-state index in [1.165, 1.54) is 50.5 Å². The first-order valence-electron chi connectivity index (χ1n) is 12.6. The molecule has 0 heterocycles. The first-order valence-corrected chi connectivity index (χ1v) is 12.6. The van der Waals surface area contributed by atoms with Crippen LogP contribution in [0.4, 0.5) is 0 Å². The van der Waals surface area contributed by atoms with Gasteiger partial charge in [-0.1, -0.05) is 43.1 Å². The monoisotopic (exact) mass is 418 g/mol. The Morgan fingerprint density at radius 2 is 1.90 bits per heavy atom. The molecule has 0 amide bonds. The van der Waals surface area contributed by atoms with Crippen LogP contribution < -0.4 is 0 Å². The van der Waals surface area contributed by atoms with E-state index in [4.69, 9.17) is 0 Å². The summed E-state index contributed by atoms with van der Waals surface area (Å²) in [4.78, 5) is 0. The van der Waals surface area contributed by atoms with Gasteiger partial charge in [0, 0.05) is 5.92 Å². The minimum Gasteiger partial charge on any atom is -0.393 e. The summed E-state index contributed by atoms with van der Waals surface area (Å²) in [5.74, 6) is 1.57. The molecule has 3 heteroatoms. The molecule has 3 fully saturated rings. The number of hydrogen-bond donors (Lipinski definition) is 3. The third-order valence-electron chi connectivity index (χ3n) is 8.67. The van der Waals surface area contributed by atoms with Crippen molar-refractivity contribution in [2.75, 3.05) is 0 Å². The van der Waals surface area contributed by atoms with E-state index >= 15 is 0 Å². The van der Waals surface area contributed by atoms with Crippen LogP contribution in [-0.2, 0) is 0 Å². The van der Waals surface area contributed by atoms with E-state index in [2.05, 4.69) is 19.1 Å². The van der Waals surface area contributed by atoms with Crippen LogP contribution in [0.1, 0.15) is 105 Å². The average Bonchev–Trinajstić information content (AvgIpc) is 2.99. The molecule has 3 rings (SSSR count). The highest BCUT2D eigenvalue weighted by molar-refractivity contribution is 5.26. The van der Waals surface area contributed by atoms with Crippen LogP contribution >= 0.6 is 0 Å². The Kier molecular flexibility index (Phi) is 7.91. The second-order valence-corrected chi connectivity index (χ2v) is 11.5. The predicted octanol–water partition coefficient (Wildman–Crippen LogP) is 5.93. The van der Waals surface area contributed by atoms with E-state index in [-0.39, 0.29) is 5.92 Å². The van der Waals surface area contributed by atoms with E-state index < -0.39 is 17.8 Å². The maximum absolute atomic E-state index is 10.4. The molecule has 0 saturated heterocycles. The van der Waals surface area contributed by atoms with E-state index in [1.54, 1.807) is 12.5 Å². The zero-order valence-corrected chi connectivity index (χ0v) is 19.9. The fourth-order valence-electron chi connectivity index (χ4n) is 6.77. The summed E-state index contributed by atoms with van der Waals surface area (Å²) in [5.41, 5.74) is 2.90. The van der Waals surface area contributed by atoms with E-state index in [0.717, 1.165) is 37.5 Å². The van der Waals surface area contributed by atoms with Crippen molar-refractivity contribution < 1.29 is 15.3 Å². The average molecular weight is 419 g/mol. The highest BCUT2D eigenvalue weighted by Crippen LogP contribution is 2.58. The van der Waals surface area contributed by atoms with Gasteiger partial charge in [-0.3, -0.25) is 0 Å². The van der Waals surface area contributed by atoms with Crippen molar-refractivity contribution >= 4 is 0 Å². The van der Waals surface area contributed by atoms with Gasteiger partial charge in [-0.05, 0) is 102 Å². The zero-order valence-electron chi connectivity index (χ0n) is 19.9. The molecular weight excluding hydrogens is 372 g/mol. The summed E-state index contributed by atoms with van der Waals surface area (Å²) in [7, 11) is 0. The smallest absolute Gasteiger partial charge is 0.0630 e. The lowest BCUT2D eigenvalue weighted by molar-refractivity contribution is 0.00779. The van der Waals surface area contributed by atoms with Gasteiger partial charge in [-0.15, -0.1) is 0 Å². The minimum atomic E-state index is -0.529. The van der Waals surface area contributed by atoms with Crippen LogP contribution in [0.5, 0.6) is 0 Å². The fraction of sp³-hybridized carbons (Fsp3) is 0.852. The first kappa shape index (κ1) is 24.0. The molecule has 3 unspecified atom stereocenters. The Hall–Kier alpha value is -0.640. The number of unbranched alkanes of at least 4 members (excludes halogenated alkanes) is 1. The molecule has 3 aliphatic carbocycles. The number of aliphatic hydroxyl groups is 3. The quantitative estimate of drug-likeness (QED) is 0.449. The molecule has 30 heavy (non-hydrogen) atoms. The normalized spacial score (nSPS) is 38.8. The first-order chi connectivity index (χ1) is 14.1. The molecule has 0 aromatic heterocycles. The van der Waals surface area contributed by atoms with Gasteiger partial charge in [0.05, 0.1) is 17.8 Å². The van der Waals surface area contributed by atoms with Crippen molar-refractivity contribution in [3.8, 4) is 0 Å². The van der Waals surface area contributed by atoms with E-state index in [0.29, 0.717) is 11.8 Å². The molecule has 0 aromatic carbocycles. The summed E-state index contributed by atoms with van der Waals surface area (Å²) in [6.45, 7) is 8.18. The summed E-state index contributed by atoms with van der Waals surface area (Å²) in [5, 5.41) is 30.2. The zero-order chi connectivity index (χ0) is 21.9. The third-order valence-corrected chi connectivity index (χ3v) is 8.67. The summed E-state index contributed by atoms with van der Waals surface area (Å²) in [6.07, 6.45) is 17.6. The largest absolute Gasteiger partial charge is 0.393 e. The molecule has 0 radical (unpaired) electrons. The molecule has 6 atom stereocenters. The van der Waals surface area contributed by atoms with Gasteiger partial charge < -0.3 is 15.3 Å². The number of fused-ring (bicyclic) bond motifs is 1. The predicted molar refractivity (Wildman–Crippen MR) is 124 cm³/mol. The van der Waals surface area contributed by atoms with Crippen LogP contribution in [0, 0.1) is 23.2 Å². The lowest BCUT2D eigenvalue weighted by Crippen LogP contribution is -2.33. The molecule has 3 nitrogen and oxygen atoms in total. The molecular formula is C27H46O3. The van der Waals surface area contributed by atoms with Gasteiger partial charge >= 0.3 is 0 Å². The Morgan fingerprint density at radius 3 is 2.57 bits per heavy atom.